The van der Waals surface area contributed by atoms with Gasteiger partial charge in [-0.05, 0) is 38.5 Å². The molecular formula is C56H111NO3. The summed E-state index contributed by atoms with van der Waals surface area (Å²) >= 11 is 0. The molecule has 60 heavy (non-hydrogen) atoms. The highest BCUT2D eigenvalue weighted by molar-refractivity contribution is 5.76. The average Bonchev–Trinajstić information content (AvgIpc) is 3.25. The highest BCUT2D eigenvalue weighted by Crippen LogP contribution is 2.18. The number of unbranched alkanes of at least 4 members (excludes halogenated alkanes) is 43. The van der Waals surface area contributed by atoms with E-state index in [0.29, 0.717) is 12.8 Å². The maximum absolute atomic E-state index is 12.4. The van der Waals surface area contributed by atoms with Crippen molar-refractivity contribution in [3.05, 3.63) is 12.2 Å². The van der Waals surface area contributed by atoms with Gasteiger partial charge in [0.25, 0.3) is 0 Å². The first-order chi connectivity index (χ1) is 29.7. The summed E-state index contributed by atoms with van der Waals surface area (Å²) in [6.45, 7) is 4.38. The Morgan fingerprint density at radius 3 is 0.917 bits per heavy atom. The summed E-state index contributed by atoms with van der Waals surface area (Å²) in [6, 6.07) is -0.531. The van der Waals surface area contributed by atoms with Gasteiger partial charge in [0.1, 0.15) is 0 Å². The minimum atomic E-state index is -0.654. The first-order valence-electron chi connectivity index (χ1n) is 27.9. The molecule has 0 aliphatic carbocycles. The van der Waals surface area contributed by atoms with Gasteiger partial charge in [0.2, 0.25) is 5.91 Å². The molecule has 0 fully saturated rings. The molecule has 0 aliphatic rings. The number of aliphatic hydroxyl groups is 2. The van der Waals surface area contributed by atoms with Crippen LogP contribution in [0.2, 0.25) is 0 Å². The van der Waals surface area contributed by atoms with E-state index in [1.165, 1.54) is 270 Å². The van der Waals surface area contributed by atoms with Crippen molar-refractivity contribution < 1.29 is 15.0 Å². The van der Waals surface area contributed by atoms with Crippen molar-refractivity contribution in [3.8, 4) is 0 Å². The molecule has 0 aliphatic heterocycles. The van der Waals surface area contributed by atoms with Gasteiger partial charge in [-0.1, -0.05) is 289 Å². The molecule has 2 unspecified atom stereocenters. The van der Waals surface area contributed by atoms with E-state index in [2.05, 4.69) is 31.3 Å². The summed E-state index contributed by atoms with van der Waals surface area (Å²) in [4.78, 5) is 12.4. The lowest BCUT2D eigenvalue weighted by atomic mass is 10.0. The van der Waals surface area contributed by atoms with Crippen LogP contribution in [-0.4, -0.2) is 34.9 Å². The summed E-state index contributed by atoms with van der Waals surface area (Å²) < 4.78 is 0. The van der Waals surface area contributed by atoms with Gasteiger partial charge < -0.3 is 15.5 Å². The standard InChI is InChI=1S/C56H111NO3/c1-3-5-7-9-11-13-15-16-17-18-19-20-21-22-23-24-25-26-27-28-29-30-31-32-33-34-35-36-37-38-39-40-42-44-46-48-50-52-56(60)57-54(53-58)55(59)51-49-47-45-43-41-14-12-10-8-6-4-2/h26-27,54-55,58-59H,3-25,28-53H2,1-2H3,(H,57,60)/b27-26-. The van der Waals surface area contributed by atoms with Gasteiger partial charge in [-0.25, -0.2) is 0 Å². The number of rotatable bonds is 52. The number of carbonyl (C=O) groups excluding carboxylic acids is 1. The largest absolute Gasteiger partial charge is 0.394 e. The minimum Gasteiger partial charge on any atom is -0.394 e. The van der Waals surface area contributed by atoms with Crippen LogP contribution in [0.4, 0.5) is 0 Å². The van der Waals surface area contributed by atoms with Crippen molar-refractivity contribution in [1.29, 1.82) is 0 Å². The zero-order chi connectivity index (χ0) is 43.5. The van der Waals surface area contributed by atoms with Crippen molar-refractivity contribution >= 4 is 5.91 Å². The number of hydrogen-bond donors (Lipinski definition) is 3. The Labute approximate surface area is 377 Å². The van der Waals surface area contributed by atoms with Crippen molar-refractivity contribution in [2.24, 2.45) is 0 Å². The van der Waals surface area contributed by atoms with E-state index in [9.17, 15) is 15.0 Å². The second kappa shape index (κ2) is 52.5. The van der Waals surface area contributed by atoms with E-state index < -0.39 is 12.1 Å². The average molecular weight is 847 g/mol. The van der Waals surface area contributed by atoms with Crippen LogP contribution < -0.4 is 5.32 Å². The molecule has 358 valence electrons. The molecule has 0 saturated heterocycles. The molecule has 0 aromatic carbocycles. The maximum Gasteiger partial charge on any atom is 0.220 e. The molecule has 0 aromatic rings. The Morgan fingerprint density at radius 2 is 0.633 bits per heavy atom. The van der Waals surface area contributed by atoms with E-state index in [1.807, 2.05) is 0 Å². The Hall–Kier alpha value is -0.870. The van der Waals surface area contributed by atoms with Crippen molar-refractivity contribution in [2.45, 2.75) is 334 Å². The second-order valence-corrected chi connectivity index (χ2v) is 19.4. The molecule has 0 bridgehead atoms. The van der Waals surface area contributed by atoms with Gasteiger partial charge in [0.05, 0.1) is 18.8 Å². The number of nitrogens with one attached hydrogen (secondary N) is 1. The zero-order valence-corrected chi connectivity index (χ0v) is 41.3. The highest BCUT2D eigenvalue weighted by Gasteiger charge is 2.20. The van der Waals surface area contributed by atoms with E-state index in [1.54, 1.807) is 0 Å². The molecule has 0 heterocycles. The summed E-state index contributed by atoms with van der Waals surface area (Å²) in [5, 5.41) is 23.2. The second-order valence-electron chi connectivity index (χ2n) is 19.4. The zero-order valence-electron chi connectivity index (χ0n) is 41.3. The molecule has 0 spiro atoms. The van der Waals surface area contributed by atoms with Gasteiger partial charge in [-0.2, -0.15) is 0 Å². The predicted molar refractivity (Wildman–Crippen MR) is 267 cm³/mol. The molecule has 2 atom stereocenters. The van der Waals surface area contributed by atoms with Gasteiger partial charge in [-0.3, -0.25) is 4.79 Å². The number of allylic oxidation sites excluding steroid dienone is 2. The lowest BCUT2D eigenvalue weighted by molar-refractivity contribution is -0.123. The number of hydrogen-bond acceptors (Lipinski definition) is 3. The summed E-state index contributed by atoms with van der Waals surface area (Å²) in [5.74, 6) is -0.0268. The molecule has 0 radical (unpaired) electrons. The first kappa shape index (κ1) is 59.1. The molecule has 3 N–H and O–H groups in total. The minimum absolute atomic E-state index is 0.0268. The van der Waals surface area contributed by atoms with Crippen molar-refractivity contribution in [3.63, 3.8) is 0 Å². The van der Waals surface area contributed by atoms with Crippen LogP contribution in [0.15, 0.2) is 12.2 Å². The molecule has 1 amide bonds. The van der Waals surface area contributed by atoms with E-state index in [0.717, 1.165) is 25.7 Å². The first-order valence-corrected chi connectivity index (χ1v) is 27.9. The van der Waals surface area contributed by atoms with Gasteiger partial charge in [-0.15, -0.1) is 0 Å². The van der Waals surface area contributed by atoms with Crippen LogP contribution in [0.25, 0.3) is 0 Å². The van der Waals surface area contributed by atoms with Crippen molar-refractivity contribution in [2.75, 3.05) is 6.61 Å². The third kappa shape index (κ3) is 48.2. The summed E-state index contributed by atoms with van der Waals surface area (Å²) in [5.41, 5.74) is 0. The molecule has 0 aromatic heterocycles. The lowest BCUT2D eigenvalue weighted by Gasteiger charge is -2.22. The van der Waals surface area contributed by atoms with Crippen LogP contribution in [0, 0.1) is 0 Å². The number of carbonyl (C=O) groups is 1. The van der Waals surface area contributed by atoms with Crippen LogP contribution in [0.1, 0.15) is 322 Å². The quantitative estimate of drug-likeness (QED) is 0.0422. The molecule has 0 saturated carbocycles. The maximum atomic E-state index is 12.4. The molecule has 4 heteroatoms. The fourth-order valence-electron chi connectivity index (χ4n) is 9.01. The Kier molecular flexibility index (Phi) is 51.7. The monoisotopic (exact) mass is 846 g/mol. The Morgan fingerprint density at radius 1 is 0.383 bits per heavy atom. The third-order valence-electron chi connectivity index (χ3n) is 13.3. The lowest BCUT2D eigenvalue weighted by Crippen LogP contribution is -2.45. The normalized spacial score (nSPS) is 12.8. The van der Waals surface area contributed by atoms with Crippen LogP contribution in [-0.2, 0) is 4.79 Å². The smallest absolute Gasteiger partial charge is 0.220 e. The molecular weight excluding hydrogens is 735 g/mol. The predicted octanol–water partition coefficient (Wildman–Crippen LogP) is 18.1. The highest BCUT2D eigenvalue weighted by atomic mass is 16.3. The van der Waals surface area contributed by atoms with Gasteiger partial charge >= 0.3 is 0 Å². The van der Waals surface area contributed by atoms with Gasteiger partial charge in [0, 0.05) is 6.42 Å². The van der Waals surface area contributed by atoms with E-state index >= 15 is 0 Å². The topological polar surface area (TPSA) is 69.6 Å². The van der Waals surface area contributed by atoms with Gasteiger partial charge in [0.15, 0.2) is 0 Å². The van der Waals surface area contributed by atoms with Crippen molar-refractivity contribution in [1.82, 2.24) is 5.32 Å². The van der Waals surface area contributed by atoms with Crippen LogP contribution >= 0.6 is 0 Å². The number of aliphatic hydroxyl groups excluding tert-OH is 2. The number of amides is 1. The third-order valence-corrected chi connectivity index (χ3v) is 13.3. The molecule has 4 nitrogen and oxygen atoms in total. The fraction of sp³-hybridized carbons (Fsp3) is 0.946. The van der Waals surface area contributed by atoms with Crippen LogP contribution in [0.5, 0.6) is 0 Å². The van der Waals surface area contributed by atoms with E-state index in [-0.39, 0.29) is 12.5 Å². The summed E-state index contributed by atoms with van der Waals surface area (Å²) in [7, 11) is 0. The van der Waals surface area contributed by atoms with E-state index in [4.69, 9.17) is 0 Å². The Bertz CT molecular complexity index is 829. The Balaban J connectivity index is 3.34. The van der Waals surface area contributed by atoms with Crippen LogP contribution in [0.3, 0.4) is 0 Å². The summed E-state index contributed by atoms with van der Waals surface area (Å²) in [6.07, 6.45) is 67.9. The molecule has 0 rings (SSSR count). The SMILES string of the molecule is CCCCCCCCCCCCCCCCCC/C=C\CCCCCCCCCCCCCCCCCCCC(=O)NC(CO)C(O)CCCCCCCCCCCCC. The fourth-order valence-corrected chi connectivity index (χ4v) is 9.01.